The molecule has 2 amide bonds. The lowest BCUT2D eigenvalue weighted by Gasteiger charge is -2.34. The van der Waals surface area contributed by atoms with Gasteiger partial charge in [-0.3, -0.25) is 13.9 Å². The standard InChI is InChI=1S/C30H34Cl3N3O4S/c1-19-10-13-23(14-11-19)41(39,40)36(27-9-7-8-24(31)20(27)2)18-28(37)35(21(3)29(38)34-30(4,5)6)17-22-12-15-25(32)26(33)16-22/h7-16,21H,17-18H2,1-6H3,(H,34,38). The van der Waals surface area contributed by atoms with Crippen LogP contribution in [-0.4, -0.2) is 43.3 Å². The van der Waals surface area contributed by atoms with Gasteiger partial charge in [0.25, 0.3) is 10.0 Å². The van der Waals surface area contributed by atoms with Crippen molar-refractivity contribution in [2.45, 2.75) is 64.6 Å². The van der Waals surface area contributed by atoms with Gasteiger partial charge >= 0.3 is 0 Å². The van der Waals surface area contributed by atoms with Gasteiger partial charge in [0.05, 0.1) is 20.6 Å². The van der Waals surface area contributed by atoms with E-state index in [1.807, 2.05) is 27.7 Å². The lowest BCUT2D eigenvalue weighted by molar-refractivity contribution is -0.140. The minimum absolute atomic E-state index is 0.0125. The van der Waals surface area contributed by atoms with Crippen molar-refractivity contribution in [3.8, 4) is 0 Å². The Morgan fingerprint density at radius 3 is 2.12 bits per heavy atom. The minimum atomic E-state index is -4.21. The predicted molar refractivity (Wildman–Crippen MR) is 166 cm³/mol. The third-order valence-electron chi connectivity index (χ3n) is 6.40. The topological polar surface area (TPSA) is 86.8 Å². The Hall–Kier alpha value is -2.78. The first-order valence-corrected chi connectivity index (χ1v) is 15.5. The summed E-state index contributed by atoms with van der Waals surface area (Å²) >= 11 is 18.7. The molecule has 1 unspecified atom stereocenters. The molecule has 41 heavy (non-hydrogen) atoms. The van der Waals surface area contributed by atoms with Crippen molar-refractivity contribution in [3.05, 3.63) is 92.4 Å². The maximum atomic E-state index is 14.1. The van der Waals surface area contributed by atoms with Gasteiger partial charge in [-0.25, -0.2) is 8.42 Å². The van der Waals surface area contributed by atoms with E-state index in [0.717, 1.165) is 9.87 Å². The van der Waals surface area contributed by atoms with Crippen LogP contribution in [0.2, 0.25) is 15.1 Å². The number of amides is 2. The van der Waals surface area contributed by atoms with E-state index in [9.17, 15) is 18.0 Å². The van der Waals surface area contributed by atoms with Crippen LogP contribution in [0.4, 0.5) is 5.69 Å². The Kier molecular flexibility index (Phi) is 10.4. The first kappa shape index (κ1) is 32.7. The minimum Gasteiger partial charge on any atom is -0.350 e. The molecule has 7 nitrogen and oxygen atoms in total. The van der Waals surface area contributed by atoms with Gasteiger partial charge in [-0.15, -0.1) is 0 Å². The number of carbonyl (C=O) groups is 2. The van der Waals surface area contributed by atoms with Gasteiger partial charge in [-0.1, -0.05) is 64.6 Å². The quantitative estimate of drug-likeness (QED) is 0.280. The number of rotatable bonds is 9. The lowest BCUT2D eigenvalue weighted by Crippen LogP contribution is -2.54. The molecule has 0 radical (unpaired) electrons. The largest absolute Gasteiger partial charge is 0.350 e. The molecule has 0 fully saturated rings. The van der Waals surface area contributed by atoms with Crippen molar-refractivity contribution < 1.29 is 18.0 Å². The molecule has 0 aliphatic heterocycles. The van der Waals surface area contributed by atoms with Crippen LogP contribution in [0.1, 0.15) is 44.4 Å². The zero-order valence-electron chi connectivity index (χ0n) is 23.8. The predicted octanol–water partition coefficient (Wildman–Crippen LogP) is 6.79. The van der Waals surface area contributed by atoms with Crippen molar-refractivity contribution in [3.63, 3.8) is 0 Å². The van der Waals surface area contributed by atoms with Crippen molar-refractivity contribution in [1.82, 2.24) is 10.2 Å². The number of carbonyl (C=O) groups excluding carboxylic acids is 2. The second-order valence-corrected chi connectivity index (χ2v) is 14.0. The molecule has 0 aliphatic carbocycles. The van der Waals surface area contributed by atoms with E-state index in [0.29, 0.717) is 26.2 Å². The Labute approximate surface area is 257 Å². The smallest absolute Gasteiger partial charge is 0.264 e. The Bertz CT molecular complexity index is 1540. The molecule has 3 aromatic rings. The molecule has 1 N–H and O–H groups in total. The van der Waals surface area contributed by atoms with E-state index < -0.39 is 40.0 Å². The zero-order valence-corrected chi connectivity index (χ0v) is 26.9. The Morgan fingerprint density at radius 2 is 1.54 bits per heavy atom. The molecule has 220 valence electrons. The van der Waals surface area contributed by atoms with Crippen molar-refractivity contribution in [2.75, 3.05) is 10.8 Å². The summed E-state index contributed by atoms with van der Waals surface area (Å²) in [5.74, 6) is -0.986. The molecule has 3 aromatic carbocycles. The van der Waals surface area contributed by atoms with Crippen molar-refractivity contribution in [2.24, 2.45) is 0 Å². The average molecular weight is 639 g/mol. The number of sulfonamides is 1. The molecule has 0 spiro atoms. The maximum Gasteiger partial charge on any atom is 0.264 e. The number of nitrogens with one attached hydrogen (secondary N) is 1. The summed E-state index contributed by atoms with van der Waals surface area (Å²) in [7, 11) is -4.21. The highest BCUT2D eigenvalue weighted by Gasteiger charge is 2.34. The number of aryl methyl sites for hydroxylation is 1. The number of hydrogen-bond donors (Lipinski definition) is 1. The number of benzene rings is 3. The van der Waals surface area contributed by atoms with Crippen LogP contribution in [0.5, 0.6) is 0 Å². The van der Waals surface area contributed by atoms with E-state index in [-0.39, 0.29) is 17.1 Å². The summed E-state index contributed by atoms with van der Waals surface area (Å²) in [5, 5.41) is 3.88. The van der Waals surface area contributed by atoms with Gasteiger partial charge in [-0.2, -0.15) is 0 Å². The second kappa shape index (κ2) is 13.0. The van der Waals surface area contributed by atoms with Crippen LogP contribution in [0.3, 0.4) is 0 Å². The normalized spacial score (nSPS) is 12.5. The van der Waals surface area contributed by atoms with Gasteiger partial charge in [0, 0.05) is 17.1 Å². The molecule has 0 heterocycles. The molecule has 0 aliphatic rings. The monoisotopic (exact) mass is 637 g/mol. The van der Waals surface area contributed by atoms with Crippen molar-refractivity contribution in [1.29, 1.82) is 0 Å². The number of halogens is 3. The molecule has 1 atom stereocenters. The third kappa shape index (κ3) is 8.16. The van der Waals surface area contributed by atoms with E-state index in [4.69, 9.17) is 34.8 Å². The van der Waals surface area contributed by atoms with Gasteiger partial charge in [0.1, 0.15) is 12.6 Å². The third-order valence-corrected chi connectivity index (χ3v) is 9.32. The van der Waals surface area contributed by atoms with Gasteiger partial charge in [0.2, 0.25) is 11.8 Å². The molecule has 3 rings (SSSR count). The fourth-order valence-corrected chi connectivity index (χ4v) is 6.07. The Morgan fingerprint density at radius 1 is 0.902 bits per heavy atom. The van der Waals surface area contributed by atoms with Crippen LogP contribution >= 0.6 is 34.8 Å². The maximum absolute atomic E-state index is 14.1. The van der Waals surface area contributed by atoms with E-state index >= 15 is 0 Å². The first-order chi connectivity index (χ1) is 19.0. The Balaban J connectivity index is 2.10. The van der Waals surface area contributed by atoms with Crippen LogP contribution in [0.25, 0.3) is 0 Å². The first-order valence-electron chi connectivity index (χ1n) is 12.9. The van der Waals surface area contributed by atoms with Crippen LogP contribution in [0, 0.1) is 13.8 Å². The number of anilines is 1. The van der Waals surface area contributed by atoms with E-state index in [1.54, 1.807) is 62.4 Å². The molecular weight excluding hydrogens is 605 g/mol. The molecule has 0 saturated heterocycles. The number of nitrogens with zero attached hydrogens (tertiary/aromatic N) is 2. The van der Waals surface area contributed by atoms with E-state index in [2.05, 4.69) is 5.32 Å². The molecule has 0 bridgehead atoms. The zero-order chi connectivity index (χ0) is 30.7. The van der Waals surface area contributed by atoms with Gasteiger partial charge in [-0.05, 0) is 89.1 Å². The molecular formula is C30H34Cl3N3O4S. The summed E-state index contributed by atoms with van der Waals surface area (Å²) < 4.78 is 29.0. The van der Waals surface area contributed by atoms with Crippen molar-refractivity contribution >= 4 is 62.3 Å². The summed E-state index contributed by atoms with van der Waals surface area (Å²) in [5.41, 5.74) is 1.70. The fraction of sp³-hybridized carbons (Fsp3) is 0.333. The lowest BCUT2D eigenvalue weighted by atomic mass is 10.1. The van der Waals surface area contributed by atoms with Gasteiger partial charge in [0.15, 0.2) is 0 Å². The molecule has 0 aromatic heterocycles. The van der Waals surface area contributed by atoms with Crippen LogP contribution in [-0.2, 0) is 26.2 Å². The summed E-state index contributed by atoms with van der Waals surface area (Å²) in [6.45, 7) is 10.0. The summed E-state index contributed by atoms with van der Waals surface area (Å²) in [4.78, 5) is 28.6. The summed E-state index contributed by atoms with van der Waals surface area (Å²) in [6.07, 6.45) is 0. The molecule has 11 heteroatoms. The summed E-state index contributed by atoms with van der Waals surface area (Å²) in [6, 6.07) is 15.2. The van der Waals surface area contributed by atoms with E-state index in [1.165, 1.54) is 17.0 Å². The molecule has 0 saturated carbocycles. The highest BCUT2D eigenvalue weighted by Crippen LogP contribution is 2.31. The fourth-order valence-electron chi connectivity index (χ4n) is 4.11. The SMILES string of the molecule is Cc1ccc(S(=O)(=O)N(CC(=O)N(Cc2ccc(Cl)c(Cl)c2)C(C)C(=O)NC(C)(C)C)c2cccc(Cl)c2C)cc1. The average Bonchev–Trinajstić information content (AvgIpc) is 2.88. The van der Waals surface area contributed by atoms with Crippen LogP contribution < -0.4 is 9.62 Å². The highest BCUT2D eigenvalue weighted by atomic mass is 35.5. The second-order valence-electron chi connectivity index (χ2n) is 10.9. The van der Waals surface area contributed by atoms with Gasteiger partial charge < -0.3 is 10.2 Å². The van der Waals surface area contributed by atoms with Crippen LogP contribution in [0.15, 0.2) is 65.6 Å². The highest BCUT2D eigenvalue weighted by molar-refractivity contribution is 7.92. The number of hydrogen-bond acceptors (Lipinski definition) is 4.